The molecule has 1 atom stereocenters. The predicted octanol–water partition coefficient (Wildman–Crippen LogP) is 4.13. The van der Waals surface area contributed by atoms with Gasteiger partial charge in [-0.05, 0) is 67.9 Å². The van der Waals surface area contributed by atoms with E-state index in [2.05, 4.69) is 20.2 Å². The zero-order valence-electron chi connectivity index (χ0n) is 17.9. The molecule has 1 amide bonds. The predicted molar refractivity (Wildman–Crippen MR) is 125 cm³/mol. The van der Waals surface area contributed by atoms with Crippen LogP contribution in [0.2, 0.25) is 5.02 Å². The van der Waals surface area contributed by atoms with Gasteiger partial charge in [0.25, 0.3) is 0 Å². The van der Waals surface area contributed by atoms with Crippen LogP contribution in [0.1, 0.15) is 30.1 Å². The first-order chi connectivity index (χ1) is 15.7. The maximum atomic E-state index is 13.1. The van der Waals surface area contributed by atoms with Crippen molar-refractivity contribution in [2.75, 3.05) is 26.2 Å². The first-order valence-electron chi connectivity index (χ1n) is 10.9. The fraction of sp³-hybridized carbons (Fsp3) is 0.320. The molecule has 3 aromatic rings. The van der Waals surface area contributed by atoms with Crippen molar-refractivity contribution in [2.45, 2.75) is 18.9 Å². The molecule has 7 heteroatoms. The number of hydrogen-bond acceptors (Lipinski definition) is 5. The maximum absolute atomic E-state index is 13.1. The van der Waals surface area contributed by atoms with E-state index in [0.717, 1.165) is 49.5 Å². The Labute approximate surface area is 193 Å². The Bertz CT molecular complexity index is 978. The van der Waals surface area contributed by atoms with Gasteiger partial charge in [0.1, 0.15) is 12.4 Å². The van der Waals surface area contributed by atoms with Crippen LogP contribution in [0.15, 0.2) is 73.2 Å². The summed E-state index contributed by atoms with van der Waals surface area (Å²) in [6.07, 6.45) is 6.85. The summed E-state index contributed by atoms with van der Waals surface area (Å²) in [5, 5.41) is 3.89. The number of hydrogen-bond donors (Lipinski definition) is 1. The van der Waals surface area contributed by atoms with Crippen LogP contribution in [0.25, 0.3) is 0 Å². The van der Waals surface area contributed by atoms with Gasteiger partial charge in [0.2, 0.25) is 5.91 Å². The normalized spacial score (nSPS) is 15.8. The summed E-state index contributed by atoms with van der Waals surface area (Å²) in [6, 6.07) is 16.7. The number of aromatic nitrogens is 2. The van der Waals surface area contributed by atoms with Gasteiger partial charge in [0, 0.05) is 36.1 Å². The SMILES string of the molecule is O=C(N[C@H](c1ccc(Cl)cc1)c1ccccn1)C1CCN(CCOc2ccncc2)CC1. The van der Waals surface area contributed by atoms with Crippen LogP contribution < -0.4 is 10.1 Å². The first-order valence-corrected chi connectivity index (χ1v) is 11.3. The van der Waals surface area contributed by atoms with Crippen LogP contribution in [0.5, 0.6) is 5.75 Å². The molecule has 0 radical (unpaired) electrons. The molecule has 1 N–H and O–H groups in total. The molecule has 1 aliphatic rings. The third-order valence-corrected chi connectivity index (χ3v) is 6.01. The Morgan fingerprint density at radius 3 is 2.50 bits per heavy atom. The number of piperidine rings is 1. The van der Waals surface area contributed by atoms with Crippen molar-refractivity contribution in [3.63, 3.8) is 0 Å². The van der Waals surface area contributed by atoms with Gasteiger partial charge in [-0.3, -0.25) is 19.7 Å². The van der Waals surface area contributed by atoms with Crippen molar-refractivity contribution < 1.29 is 9.53 Å². The number of benzene rings is 1. The van der Waals surface area contributed by atoms with Crippen LogP contribution in [0, 0.1) is 5.92 Å². The standard InChI is InChI=1S/C25H27ClN4O2/c26-21-6-4-19(5-7-21)24(23-3-1-2-12-28-23)29-25(31)20-10-15-30(16-11-20)17-18-32-22-8-13-27-14-9-22/h1-9,12-14,20,24H,10-11,15-18H2,(H,29,31)/t24-/m1/s1. The second-order valence-corrected chi connectivity index (χ2v) is 8.33. The number of nitrogens with one attached hydrogen (secondary N) is 1. The van der Waals surface area contributed by atoms with Gasteiger partial charge in [-0.15, -0.1) is 0 Å². The molecule has 0 saturated carbocycles. The minimum Gasteiger partial charge on any atom is -0.492 e. The summed E-state index contributed by atoms with van der Waals surface area (Å²) in [6.45, 7) is 3.23. The number of amides is 1. The number of likely N-dealkylation sites (tertiary alicyclic amines) is 1. The highest BCUT2D eigenvalue weighted by molar-refractivity contribution is 6.30. The summed E-state index contributed by atoms with van der Waals surface area (Å²) >= 11 is 6.06. The summed E-state index contributed by atoms with van der Waals surface area (Å²) in [4.78, 5) is 23.9. The van der Waals surface area contributed by atoms with E-state index < -0.39 is 0 Å². The number of nitrogens with zero attached hydrogens (tertiary/aromatic N) is 3. The van der Waals surface area contributed by atoms with E-state index in [4.69, 9.17) is 16.3 Å². The Morgan fingerprint density at radius 2 is 1.81 bits per heavy atom. The highest BCUT2D eigenvalue weighted by Crippen LogP contribution is 2.24. The summed E-state index contributed by atoms with van der Waals surface area (Å²) in [5.41, 5.74) is 1.78. The molecule has 0 unspecified atom stereocenters. The van der Waals surface area contributed by atoms with Gasteiger partial charge in [-0.2, -0.15) is 0 Å². The Kier molecular flexibility index (Phi) is 7.69. The van der Waals surface area contributed by atoms with Crippen molar-refractivity contribution in [1.29, 1.82) is 0 Å². The van der Waals surface area contributed by atoms with Crippen molar-refractivity contribution in [1.82, 2.24) is 20.2 Å². The molecule has 3 heterocycles. The quantitative estimate of drug-likeness (QED) is 0.559. The van der Waals surface area contributed by atoms with Crippen LogP contribution in [0.3, 0.4) is 0 Å². The lowest BCUT2D eigenvalue weighted by molar-refractivity contribution is -0.127. The fourth-order valence-electron chi connectivity index (χ4n) is 3.94. The zero-order chi connectivity index (χ0) is 22.2. The van der Waals surface area contributed by atoms with Crippen LogP contribution in [-0.2, 0) is 4.79 Å². The Hall–Kier alpha value is -2.96. The minimum atomic E-state index is -0.298. The Morgan fingerprint density at radius 1 is 1.06 bits per heavy atom. The van der Waals surface area contributed by atoms with E-state index in [1.54, 1.807) is 18.6 Å². The van der Waals surface area contributed by atoms with Gasteiger partial charge < -0.3 is 10.1 Å². The zero-order valence-corrected chi connectivity index (χ0v) is 18.6. The topological polar surface area (TPSA) is 67.4 Å². The number of carbonyl (C=O) groups excluding carboxylic acids is 1. The molecular formula is C25H27ClN4O2. The molecule has 2 aromatic heterocycles. The number of carbonyl (C=O) groups is 1. The third kappa shape index (κ3) is 6.05. The number of ether oxygens (including phenoxy) is 1. The lowest BCUT2D eigenvalue weighted by Crippen LogP contribution is -2.42. The second kappa shape index (κ2) is 11.1. The molecule has 4 rings (SSSR count). The van der Waals surface area contributed by atoms with E-state index in [9.17, 15) is 4.79 Å². The van der Waals surface area contributed by atoms with E-state index >= 15 is 0 Å². The van der Waals surface area contributed by atoms with Crippen LogP contribution in [0.4, 0.5) is 0 Å². The van der Waals surface area contributed by atoms with Gasteiger partial charge in [0.05, 0.1) is 11.7 Å². The molecule has 166 valence electrons. The molecule has 0 aliphatic carbocycles. The van der Waals surface area contributed by atoms with Crippen molar-refractivity contribution in [3.8, 4) is 5.75 Å². The lowest BCUT2D eigenvalue weighted by atomic mass is 9.94. The molecule has 1 aromatic carbocycles. The van der Waals surface area contributed by atoms with Gasteiger partial charge in [0.15, 0.2) is 0 Å². The lowest BCUT2D eigenvalue weighted by Gasteiger charge is -2.32. The maximum Gasteiger partial charge on any atom is 0.224 e. The van der Waals surface area contributed by atoms with E-state index in [0.29, 0.717) is 11.6 Å². The number of halogens is 1. The van der Waals surface area contributed by atoms with Crippen molar-refractivity contribution in [2.24, 2.45) is 5.92 Å². The van der Waals surface area contributed by atoms with E-state index in [-0.39, 0.29) is 17.9 Å². The summed E-state index contributed by atoms with van der Waals surface area (Å²) in [7, 11) is 0. The fourth-order valence-corrected chi connectivity index (χ4v) is 4.06. The molecule has 1 aliphatic heterocycles. The largest absolute Gasteiger partial charge is 0.492 e. The van der Waals surface area contributed by atoms with Crippen molar-refractivity contribution >= 4 is 17.5 Å². The van der Waals surface area contributed by atoms with E-state index in [1.807, 2.05) is 54.6 Å². The monoisotopic (exact) mass is 450 g/mol. The van der Waals surface area contributed by atoms with Gasteiger partial charge >= 0.3 is 0 Å². The number of rotatable bonds is 8. The minimum absolute atomic E-state index is 0.00845. The van der Waals surface area contributed by atoms with Crippen LogP contribution >= 0.6 is 11.6 Å². The molecule has 0 bridgehead atoms. The van der Waals surface area contributed by atoms with Crippen molar-refractivity contribution in [3.05, 3.63) is 89.5 Å². The second-order valence-electron chi connectivity index (χ2n) is 7.90. The highest BCUT2D eigenvalue weighted by atomic mass is 35.5. The number of pyridine rings is 2. The average Bonchev–Trinajstić information content (AvgIpc) is 2.85. The highest BCUT2D eigenvalue weighted by Gasteiger charge is 2.27. The molecular weight excluding hydrogens is 424 g/mol. The first kappa shape index (κ1) is 22.2. The average molecular weight is 451 g/mol. The van der Waals surface area contributed by atoms with E-state index in [1.165, 1.54) is 0 Å². The summed E-state index contributed by atoms with van der Waals surface area (Å²) < 4.78 is 5.76. The molecule has 32 heavy (non-hydrogen) atoms. The molecule has 1 saturated heterocycles. The molecule has 6 nitrogen and oxygen atoms in total. The Balaban J connectivity index is 1.31. The van der Waals surface area contributed by atoms with Gasteiger partial charge in [-0.25, -0.2) is 0 Å². The third-order valence-electron chi connectivity index (χ3n) is 5.76. The summed E-state index contributed by atoms with van der Waals surface area (Å²) in [5.74, 6) is 0.895. The van der Waals surface area contributed by atoms with Crippen LogP contribution in [-0.4, -0.2) is 47.0 Å². The smallest absolute Gasteiger partial charge is 0.224 e. The molecule has 0 spiro atoms. The van der Waals surface area contributed by atoms with Gasteiger partial charge in [-0.1, -0.05) is 29.8 Å². The molecule has 1 fully saturated rings.